The first-order valence-electron chi connectivity index (χ1n) is 7.01. The zero-order chi connectivity index (χ0) is 13.8. The van der Waals surface area contributed by atoms with Crippen LogP contribution in [-0.4, -0.2) is 44.7 Å². The maximum Gasteiger partial charge on any atom is 0.0414 e. The molecule has 0 saturated carbocycles. The number of nitrogens with zero attached hydrogens (tertiary/aromatic N) is 2. The summed E-state index contributed by atoms with van der Waals surface area (Å²) in [6.07, 6.45) is 3.50. The summed E-state index contributed by atoms with van der Waals surface area (Å²) in [7, 11) is 4.41. The number of piperidine rings is 1. The molecule has 1 aromatic rings. The molecule has 1 saturated heterocycles. The van der Waals surface area contributed by atoms with Gasteiger partial charge in [-0.3, -0.25) is 0 Å². The van der Waals surface area contributed by atoms with E-state index in [9.17, 15) is 0 Å². The van der Waals surface area contributed by atoms with Gasteiger partial charge in [0.25, 0.3) is 0 Å². The number of benzene rings is 1. The molecule has 2 N–H and O–H groups in total. The van der Waals surface area contributed by atoms with Crippen molar-refractivity contribution < 1.29 is 0 Å². The van der Waals surface area contributed by atoms with Crippen LogP contribution in [0.5, 0.6) is 0 Å². The Morgan fingerprint density at radius 2 is 2.26 bits per heavy atom. The van der Waals surface area contributed by atoms with Gasteiger partial charge in [-0.15, -0.1) is 0 Å². The Kier molecular flexibility index (Phi) is 5.25. The first-order valence-corrected chi connectivity index (χ1v) is 7.81. The molecule has 1 aliphatic rings. The topological polar surface area (TPSA) is 32.5 Å². The van der Waals surface area contributed by atoms with Crippen molar-refractivity contribution in [2.24, 2.45) is 5.73 Å². The number of nitrogens with two attached hydrogens (primary N) is 1. The number of hydrogen-bond acceptors (Lipinski definition) is 3. The molecule has 1 fully saturated rings. The molecule has 3 nitrogen and oxygen atoms in total. The van der Waals surface area contributed by atoms with Gasteiger partial charge in [0.05, 0.1) is 0 Å². The second-order valence-electron chi connectivity index (χ2n) is 5.48. The number of likely N-dealkylation sites (tertiary alicyclic amines) is 1. The summed E-state index contributed by atoms with van der Waals surface area (Å²) >= 11 is 3.66. The van der Waals surface area contributed by atoms with E-state index in [0.29, 0.717) is 12.6 Å². The van der Waals surface area contributed by atoms with Crippen molar-refractivity contribution in [1.29, 1.82) is 0 Å². The van der Waals surface area contributed by atoms with Crippen molar-refractivity contribution in [1.82, 2.24) is 4.90 Å². The minimum atomic E-state index is 0.617. The lowest BCUT2D eigenvalue weighted by atomic mass is 10.0. The minimum Gasteiger partial charge on any atom is -0.370 e. The third-order valence-electron chi connectivity index (χ3n) is 4.00. The Morgan fingerprint density at radius 1 is 1.47 bits per heavy atom. The van der Waals surface area contributed by atoms with Crippen molar-refractivity contribution in [2.45, 2.75) is 25.3 Å². The van der Waals surface area contributed by atoms with E-state index in [4.69, 9.17) is 5.73 Å². The normalized spacial score (nSPS) is 20.5. The molecule has 2 rings (SSSR count). The van der Waals surface area contributed by atoms with Crippen LogP contribution < -0.4 is 10.6 Å². The molecule has 1 atom stereocenters. The SMILES string of the molecule is CN1CCCC(N(C)c2ccc(CCN)c(Br)c2)C1. The summed E-state index contributed by atoms with van der Waals surface area (Å²) in [4.78, 5) is 4.83. The zero-order valence-electron chi connectivity index (χ0n) is 11.9. The molecule has 1 aromatic carbocycles. The van der Waals surface area contributed by atoms with Crippen molar-refractivity contribution in [2.75, 3.05) is 38.6 Å². The molecule has 0 aromatic heterocycles. The second-order valence-corrected chi connectivity index (χ2v) is 6.34. The molecule has 0 bridgehead atoms. The van der Waals surface area contributed by atoms with E-state index in [1.54, 1.807) is 0 Å². The van der Waals surface area contributed by atoms with Crippen LogP contribution >= 0.6 is 15.9 Å². The van der Waals surface area contributed by atoms with Gasteiger partial charge in [-0.1, -0.05) is 22.0 Å². The molecule has 106 valence electrons. The lowest BCUT2D eigenvalue weighted by Crippen LogP contribution is -2.45. The summed E-state index contributed by atoms with van der Waals surface area (Å²) in [6, 6.07) is 7.24. The number of rotatable bonds is 4. The predicted molar refractivity (Wildman–Crippen MR) is 85.8 cm³/mol. The first-order chi connectivity index (χ1) is 9.11. The van der Waals surface area contributed by atoms with Crippen LogP contribution in [0.1, 0.15) is 18.4 Å². The fourth-order valence-corrected chi connectivity index (χ4v) is 3.34. The largest absolute Gasteiger partial charge is 0.370 e. The molecule has 1 aliphatic heterocycles. The van der Waals surface area contributed by atoms with Crippen LogP contribution in [0.2, 0.25) is 0 Å². The van der Waals surface area contributed by atoms with Crippen molar-refractivity contribution in [3.63, 3.8) is 0 Å². The summed E-state index contributed by atoms with van der Waals surface area (Å²) < 4.78 is 1.17. The van der Waals surface area contributed by atoms with Gasteiger partial charge in [-0.05, 0) is 57.1 Å². The van der Waals surface area contributed by atoms with Crippen LogP contribution in [0.25, 0.3) is 0 Å². The smallest absolute Gasteiger partial charge is 0.0414 e. The van der Waals surface area contributed by atoms with E-state index in [-0.39, 0.29) is 0 Å². The average molecular weight is 326 g/mol. The molecular formula is C15H24BrN3. The number of anilines is 1. The Morgan fingerprint density at radius 3 is 2.89 bits per heavy atom. The first kappa shape index (κ1) is 14.8. The molecule has 0 amide bonds. The van der Waals surface area contributed by atoms with Gasteiger partial charge in [0.1, 0.15) is 0 Å². The summed E-state index contributed by atoms with van der Waals surface area (Å²) in [5, 5.41) is 0. The van der Waals surface area contributed by atoms with E-state index in [0.717, 1.165) is 13.0 Å². The predicted octanol–water partition coefficient (Wildman–Crippen LogP) is 2.48. The number of halogens is 1. The fourth-order valence-electron chi connectivity index (χ4n) is 2.78. The second kappa shape index (κ2) is 6.73. The van der Waals surface area contributed by atoms with Gasteiger partial charge >= 0.3 is 0 Å². The summed E-state index contributed by atoms with van der Waals surface area (Å²) in [6.45, 7) is 3.07. The summed E-state index contributed by atoms with van der Waals surface area (Å²) in [5.41, 5.74) is 8.20. The summed E-state index contributed by atoms with van der Waals surface area (Å²) in [5.74, 6) is 0. The third-order valence-corrected chi connectivity index (χ3v) is 4.74. The van der Waals surface area contributed by atoms with Crippen LogP contribution in [0, 0.1) is 0 Å². The number of hydrogen-bond donors (Lipinski definition) is 1. The standard InChI is InChI=1S/C15H24BrN3/c1-18-9-3-4-14(11-18)19(2)13-6-5-12(7-8-17)15(16)10-13/h5-6,10,14H,3-4,7-9,11,17H2,1-2H3. The van der Waals surface area contributed by atoms with E-state index >= 15 is 0 Å². The van der Waals surface area contributed by atoms with Gasteiger partial charge in [-0.25, -0.2) is 0 Å². The quantitative estimate of drug-likeness (QED) is 0.923. The molecular weight excluding hydrogens is 302 g/mol. The maximum absolute atomic E-state index is 5.62. The lowest BCUT2D eigenvalue weighted by Gasteiger charge is -2.37. The van der Waals surface area contributed by atoms with Gasteiger partial charge in [-0.2, -0.15) is 0 Å². The average Bonchev–Trinajstić information content (AvgIpc) is 2.40. The molecule has 0 aliphatic carbocycles. The third kappa shape index (κ3) is 3.71. The molecule has 4 heteroatoms. The van der Waals surface area contributed by atoms with Gasteiger partial charge in [0, 0.05) is 29.8 Å². The molecule has 1 heterocycles. The molecule has 1 unspecified atom stereocenters. The maximum atomic E-state index is 5.62. The lowest BCUT2D eigenvalue weighted by molar-refractivity contribution is 0.248. The zero-order valence-corrected chi connectivity index (χ0v) is 13.5. The van der Waals surface area contributed by atoms with Gasteiger partial charge in [0.15, 0.2) is 0 Å². The van der Waals surface area contributed by atoms with Crippen LogP contribution in [0.4, 0.5) is 5.69 Å². The Hall–Kier alpha value is -0.580. The Labute approximate surface area is 124 Å². The van der Waals surface area contributed by atoms with Crippen molar-refractivity contribution >= 4 is 21.6 Å². The van der Waals surface area contributed by atoms with E-state index < -0.39 is 0 Å². The van der Waals surface area contributed by atoms with Crippen molar-refractivity contribution in [3.05, 3.63) is 28.2 Å². The highest BCUT2D eigenvalue weighted by Gasteiger charge is 2.21. The highest BCUT2D eigenvalue weighted by molar-refractivity contribution is 9.10. The molecule has 19 heavy (non-hydrogen) atoms. The highest BCUT2D eigenvalue weighted by Crippen LogP contribution is 2.27. The Bertz CT molecular complexity index is 422. The monoisotopic (exact) mass is 325 g/mol. The van der Waals surface area contributed by atoms with Crippen LogP contribution in [0.3, 0.4) is 0 Å². The Balaban J connectivity index is 2.10. The van der Waals surface area contributed by atoms with E-state index in [2.05, 4.69) is 58.0 Å². The number of likely N-dealkylation sites (N-methyl/N-ethyl adjacent to an activating group) is 2. The molecule has 0 spiro atoms. The van der Waals surface area contributed by atoms with Gasteiger partial charge in [0.2, 0.25) is 0 Å². The minimum absolute atomic E-state index is 0.617. The van der Waals surface area contributed by atoms with Gasteiger partial charge < -0.3 is 15.5 Å². The van der Waals surface area contributed by atoms with E-state index in [1.807, 2.05) is 0 Å². The molecule has 0 radical (unpaired) electrons. The van der Waals surface area contributed by atoms with E-state index in [1.165, 1.54) is 35.1 Å². The van der Waals surface area contributed by atoms with Crippen molar-refractivity contribution in [3.8, 4) is 0 Å². The van der Waals surface area contributed by atoms with Crippen LogP contribution in [-0.2, 0) is 6.42 Å². The highest BCUT2D eigenvalue weighted by atomic mass is 79.9. The fraction of sp³-hybridized carbons (Fsp3) is 0.600. The van der Waals surface area contributed by atoms with Crippen LogP contribution in [0.15, 0.2) is 22.7 Å².